The van der Waals surface area contributed by atoms with Crippen molar-refractivity contribution in [3.05, 3.63) is 57.2 Å². The second-order valence-electron chi connectivity index (χ2n) is 3.81. The fraction of sp³-hybridized carbons (Fsp3) is 0.0769. The number of hydrogen-bond donors (Lipinski definition) is 0. The molecule has 3 heteroatoms. The molecule has 0 aliphatic heterocycles. The molecule has 80 valence electrons. The van der Waals surface area contributed by atoms with Crippen molar-refractivity contribution >= 4 is 22.6 Å². The van der Waals surface area contributed by atoms with Crippen molar-refractivity contribution in [3.63, 3.8) is 0 Å². The Morgan fingerprint density at radius 2 is 1.56 bits per heavy atom. The Morgan fingerprint density at radius 1 is 0.875 bits per heavy atom. The largest absolute Gasteiger partial charge is 0.299 e. The summed E-state index contributed by atoms with van der Waals surface area (Å²) in [5, 5.41) is 0. The fourth-order valence-electron chi connectivity index (χ4n) is 2.15. The zero-order valence-corrected chi connectivity index (χ0v) is 10.3. The van der Waals surface area contributed by atoms with Gasteiger partial charge in [-0.15, -0.1) is 0 Å². The standard InChI is InChI=1S/C13H7F2I/c14-13(15)11-4-2-1-3-9(11)10-6-5-8(16)7-12(10)13/h1-7H. The van der Waals surface area contributed by atoms with Gasteiger partial charge in [0.15, 0.2) is 0 Å². The Kier molecular flexibility index (Phi) is 2.08. The summed E-state index contributed by atoms with van der Waals surface area (Å²) in [6, 6.07) is 11.9. The molecule has 0 unspecified atom stereocenters. The molecule has 0 saturated carbocycles. The van der Waals surface area contributed by atoms with Crippen LogP contribution in [-0.2, 0) is 5.92 Å². The van der Waals surface area contributed by atoms with Crippen LogP contribution in [0, 0.1) is 3.57 Å². The highest BCUT2D eigenvalue weighted by Crippen LogP contribution is 2.50. The molecule has 0 fully saturated rings. The molecule has 0 amide bonds. The number of alkyl halides is 2. The van der Waals surface area contributed by atoms with E-state index in [1.54, 1.807) is 30.3 Å². The lowest BCUT2D eigenvalue weighted by atomic mass is 10.1. The number of benzene rings is 2. The van der Waals surface area contributed by atoms with Gasteiger partial charge in [0.2, 0.25) is 0 Å². The van der Waals surface area contributed by atoms with E-state index in [1.165, 1.54) is 6.07 Å². The third-order valence-electron chi connectivity index (χ3n) is 2.88. The first-order chi connectivity index (χ1) is 7.60. The van der Waals surface area contributed by atoms with Gasteiger partial charge in [-0.2, -0.15) is 8.78 Å². The minimum atomic E-state index is -2.85. The lowest BCUT2D eigenvalue weighted by molar-refractivity contribution is 0.0479. The van der Waals surface area contributed by atoms with E-state index >= 15 is 0 Å². The van der Waals surface area contributed by atoms with E-state index in [1.807, 2.05) is 6.07 Å². The molecule has 2 aromatic rings. The Labute approximate surface area is 105 Å². The van der Waals surface area contributed by atoms with Crippen LogP contribution in [0.4, 0.5) is 8.78 Å². The second kappa shape index (κ2) is 3.26. The van der Waals surface area contributed by atoms with Gasteiger partial charge in [-0.05, 0) is 45.9 Å². The lowest BCUT2D eigenvalue weighted by Crippen LogP contribution is -2.10. The predicted molar refractivity (Wildman–Crippen MR) is 67.6 cm³/mol. The molecular formula is C13H7F2I. The normalized spacial score (nSPS) is 15.7. The fourth-order valence-corrected chi connectivity index (χ4v) is 2.64. The van der Waals surface area contributed by atoms with Crippen LogP contribution in [0.5, 0.6) is 0 Å². The summed E-state index contributed by atoms with van der Waals surface area (Å²) in [6.07, 6.45) is 0. The Balaban J connectivity index is 2.39. The van der Waals surface area contributed by atoms with E-state index < -0.39 is 5.92 Å². The Hall–Kier alpha value is -0.970. The topological polar surface area (TPSA) is 0 Å². The predicted octanol–water partition coefficient (Wildman–Crippen LogP) is 4.41. The van der Waals surface area contributed by atoms with Crippen LogP contribution < -0.4 is 0 Å². The summed E-state index contributed by atoms with van der Waals surface area (Å²) in [5.41, 5.74) is 1.55. The van der Waals surface area contributed by atoms with Gasteiger partial charge in [-0.1, -0.05) is 30.3 Å². The molecular weight excluding hydrogens is 321 g/mol. The van der Waals surface area contributed by atoms with Crippen molar-refractivity contribution in [3.8, 4) is 11.1 Å². The quantitative estimate of drug-likeness (QED) is 0.629. The highest BCUT2D eigenvalue weighted by Gasteiger charge is 2.43. The van der Waals surface area contributed by atoms with Gasteiger partial charge in [0.05, 0.1) is 0 Å². The van der Waals surface area contributed by atoms with Crippen LogP contribution in [0.2, 0.25) is 0 Å². The first-order valence-electron chi connectivity index (χ1n) is 4.88. The maximum atomic E-state index is 14.1. The molecule has 3 rings (SSSR count). The average Bonchev–Trinajstić information content (AvgIpc) is 2.49. The van der Waals surface area contributed by atoms with Crippen molar-refractivity contribution < 1.29 is 8.78 Å². The maximum absolute atomic E-state index is 14.1. The van der Waals surface area contributed by atoms with Crippen molar-refractivity contribution in [1.29, 1.82) is 0 Å². The number of halogens is 3. The van der Waals surface area contributed by atoms with Gasteiger partial charge >= 0.3 is 0 Å². The van der Waals surface area contributed by atoms with E-state index in [0.29, 0.717) is 11.1 Å². The van der Waals surface area contributed by atoms with Crippen LogP contribution in [-0.4, -0.2) is 0 Å². The van der Waals surface area contributed by atoms with Crippen LogP contribution in [0.3, 0.4) is 0 Å². The van der Waals surface area contributed by atoms with Crippen molar-refractivity contribution in [2.45, 2.75) is 5.92 Å². The van der Waals surface area contributed by atoms with E-state index in [0.717, 1.165) is 3.57 Å². The summed E-state index contributed by atoms with van der Waals surface area (Å²) < 4.78 is 29.1. The zero-order chi connectivity index (χ0) is 11.3. The van der Waals surface area contributed by atoms with E-state index in [-0.39, 0.29) is 11.1 Å². The van der Waals surface area contributed by atoms with Gasteiger partial charge in [0.1, 0.15) is 0 Å². The summed E-state index contributed by atoms with van der Waals surface area (Å²) in [6.45, 7) is 0. The summed E-state index contributed by atoms with van der Waals surface area (Å²) >= 11 is 2.06. The smallest absolute Gasteiger partial charge is 0.196 e. The van der Waals surface area contributed by atoms with Gasteiger partial charge in [-0.3, -0.25) is 0 Å². The summed E-state index contributed by atoms with van der Waals surface area (Å²) in [5.74, 6) is -2.85. The van der Waals surface area contributed by atoms with Crippen molar-refractivity contribution in [2.75, 3.05) is 0 Å². The minimum Gasteiger partial charge on any atom is -0.196 e. The molecule has 0 aromatic heterocycles. The lowest BCUT2D eigenvalue weighted by Gasteiger charge is -2.11. The van der Waals surface area contributed by atoms with Gasteiger partial charge in [0, 0.05) is 14.7 Å². The second-order valence-corrected chi connectivity index (χ2v) is 5.06. The first-order valence-corrected chi connectivity index (χ1v) is 5.96. The molecule has 0 spiro atoms. The van der Waals surface area contributed by atoms with Crippen molar-refractivity contribution in [2.24, 2.45) is 0 Å². The molecule has 0 radical (unpaired) electrons. The van der Waals surface area contributed by atoms with Crippen molar-refractivity contribution in [1.82, 2.24) is 0 Å². The average molecular weight is 328 g/mol. The highest BCUT2D eigenvalue weighted by atomic mass is 127. The Bertz CT molecular complexity index is 576. The molecule has 0 atom stereocenters. The molecule has 1 aliphatic rings. The molecule has 0 bridgehead atoms. The Morgan fingerprint density at radius 3 is 2.38 bits per heavy atom. The van der Waals surface area contributed by atoms with Gasteiger partial charge < -0.3 is 0 Å². The monoisotopic (exact) mass is 328 g/mol. The van der Waals surface area contributed by atoms with Gasteiger partial charge in [0.25, 0.3) is 5.92 Å². The SMILES string of the molecule is FC1(F)c2ccccc2-c2ccc(I)cc21. The van der Waals surface area contributed by atoms with Crippen LogP contribution in [0.25, 0.3) is 11.1 Å². The number of fused-ring (bicyclic) bond motifs is 3. The van der Waals surface area contributed by atoms with Crippen LogP contribution >= 0.6 is 22.6 Å². The summed E-state index contributed by atoms with van der Waals surface area (Å²) in [7, 11) is 0. The highest BCUT2D eigenvalue weighted by molar-refractivity contribution is 14.1. The first kappa shape index (κ1) is 10.2. The molecule has 0 saturated heterocycles. The maximum Gasteiger partial charge on any atom is 0.299 e. The third-order valence-corrected chi connectivity index (χ3v) is 3.55. The molecule has 0 heterocycles. The number of hydrogen-bond acceptors (Lipinski definition) is 0. The van der Waals surface area contributed by atoms with E-state index in [2.05, 4.69) is 22.6 Å². The number of rotatable bonds is 0. The van der Waals surface area contributed by atoms with Crippen LogP contribution in [0.1, 0.15) is 11.1 Å². The van der Waals surface area contributed by atoms with E-state index in [9.17, 15) is 8.78 Å². The molecule has 0 N–H and O–H groups in total. The van der Waals surface area contributed by atoms with Crippen LogP contribution in [0.15, 0.2) is 42.5 Å². The third kappa shape index (κ3) is 1.24. The zero-order valence-electron chi connectivity index (χ0n) is 8.18. The minimum absolute atomic E-state index is 0.118. The molecule has 16 heavy (non-hydrogen) atoms. The molecule has 0 nitrogen and oxygen atoms in total. The molecule has 1 aliphatic carbocycles. The molecule has 2 aromatic carbocycles. The van der Waals surface area contributed by atoms with Gasteiger partial charge in [-0.25, -0.2) is 0 Å². The summed E-state index contributed by atoms with van der Waals surface area (Å²) in [4.78, 5) is 0. The van der Waals surface area contributed by atoms with E-state index in [4.69, 9.17) is 0 Å².